The summed E-state index contributed by atoms with van der Waals surface area (Å²) in [5.41, 5.74) is 8.48. The Kier molecular flexibility index (Phi) is 8.05. The van der Waals surface area contributed by atoms with Crippen LogP contribution < -0.4 is 15.8 Å². The van der Waals surface area contributed by atoms with Gasteiger partial charge in [-0.1, -0.05) is 32.4 Å². The first kappa shape index (κ1) is 22.5. The van der Waals surface area contributed by atoms with Crippen LogP contribution in [0.15, 0.2) is 41.2 Å². The van der Waals surface area contributed by atoms with E-state index in [1.807, 2.05) is 32.1 Å². The molecule has 1 fully saturated rings. The Bertz CT molecular complexity index is 813. The fourth-order valence-electron chi connectivity index (χ4n) is 3.60. The molecule has 1 saturated carbocycles. The molecule has 1 atom stereocenters. The summed E-state index contributed by atoms with van der Waals surface area (Å²) < 4.78 is 21.5. The van der Waals surface area contributed by atoms with Gasteiger partial charge in [0.05, 0.1) is 5.71 Å². The maximum atomic E-state index is 15.6. The van der Waals surface area contributed by atoms with E-state index in [-0.39, 0.29) is 18.4 Å². The molecule has 0 saturated heterocycles. The molecule has 5 nitrogen and oxygen atoms in total. The van der Waals surface area contributed by atoms with Crippen LogP contribution in [-0.4, -0.2) is 36.1 Å². The van der Waals surface area contributed by atoms with E-state index in [1.54, 1.807) is 12.3 Å². The topological polar surface area (TPSA) is 79.9 Å². The highest BCUT2D eigenvalue weighted by atomic mass is 19.1. The van der Waals surface area contributed by atoms with Gasteiger partial charge in [0.15, 0.2) is 11.6 Å². The molecule has 1 aromatic carbocycles. The van der Waals surface area contributed by atoms with Gasteiger partial charge in [-0.3, -0.25) is 4.99 Å². The van der Waals surface area contributed by atoms with E-state index < -0.39 is 11.9 Å². The van der Waals surface area contributed by atoms with Gasteiger partial charge in [0.2, 0.25) is 0 Å². The van der Waals surface area contributed by atoms with Crippen LogP contribution in [-0.2, 0) is 0 Å². The molecule has 1 aromatic rings. The van der Waals surface area contributed by atoms with Gasteiger partial charge in [0.1, 0.15) is 12.7 Å². The Balaban J connectivity index is 1.88. The average Bonchev–Trinajstić information content (AvgIpc) is 2.77. The van der Waals surface area contributed by atoms with Crippen LogP contribution in [0.5, 0.6) is 5.75 Å². The molecule has 1 aliphatic heterocycles. The number of aliphatic hydroxyl groups is 1. The molecule has 6 heteroatoms. The summed E-state index contributed by atoms with van der Waals surface area (Å²) in [4.78, 5) is 4.44. The number of aliphatic hydroxyl groups excluding tert-OH is 1. The Labute approximate surface area is 178 Å². The van der Waals surface area contributed by atoms with Gasteiger partial charge in [0, 0.05) is 35.6 Å². The Hall–Kier alpha value is -2.18. The summed E-state index contributed by atoms with van der Waals surface area (Å²) in [6.45, 7) is 4.46. The summed E-state index contributed by atoms with van der Waals surface area (Å²) in [5, 5.41) is 13.4. The fourth-order valence-corrected chi connectivity index (χ4v) is 3.60. The van der Waals surface area contributed by atoms with E-state index in [1.165, 1.54) is 0 Å². The molecule has 0 spiro atoms. The lowest BCUT2D eigenvalue weighted by molar-refractivity contribution is 0.101. The zero-order chi connectivity index (χ0) is 21.5. The van der Waals surface area contributed by atoms with E-state index in [0.29, 0.717) is 29.4 Å². The maximum Gasteiger partial charge on any atom is 0.174 e. The van der Waals surface area contributed by atoms with Crippen molar-refractivity contribution in [1.82, 2.24) is 5.32 Å². The lowest BCUT2D eigenvalue weighted by Crippen LogP contribution is -2.35. The summed E-state index contributed by atoms with van der Waals surface area (Å²) in [5.74, 6) is 0.134. The van der Waals surface area contributed by atoms with Crippen molar-refractivity contribution in [3.05, 3.63) is 53.1 Å². The molecule has 164 valence electrons. The number of nitrogens with one attached hydrogen (secondary N) is 1. The van der Waals surface area contributed by atoms with E-state index in [2.05, 4.69) is 10.3 Å². The molecule has 1 heterocycles. The smallest absolute Gasteiger partial charge is 0.174 e. The largest absolute Gasteiger partial charge is 0.487 e. The number of allylic oxidation sites excluding steroid dienone is 3. The predicted octanol–water partition coefficient (Wildman–Crippen LogP) is 4.16. The molecular formula is C24H34FN3O2. The minimum absolute atomic E-state index is 0.0367. The number of hydrogen-bond donors (Lipinski definition) is 3. The SMILES string of the molecule is CC(C)NCC(O)COc1c(C2CCC2)ccc(C2=NC=C(N)CCCC=C2)c1F. The first-order valence-corrected chi connectivity index (χ1v) is 11.0. The standard InChI is InChI=1S/C24H34FN3O2/c1-16(2)27-14-19(29)15-30-24-20(17-7-6-8-17)11-12-21(23(24)25)22-10-5-3-4-9-18(26)13-28-22/h5,10-13,16-17,19,27,29H,3-4,6-9,14-15,26H2,1-2H3. The quantitative estimate of drug-likeness (QED) is 0.596. The summed E-state index contributed by atoms with van der Waals surface area (Å²) in [7, 11) is 0. The molecule has 2 aliphatic rings. The zero-order valence-electron chi connectivity index (χ0n) is 18.0. The molecule has 3 rings (SSSR count). The number of ether oxygens (including phenoxy) is 1. The monoisotopic (exact) mass is 415 g/mol. The lowest BCUT2D eigenvalue weighted by atomic mass is 9.79. The van der Waals surface area contributed by atoms with Crippen LogP contribution in [0.3, 0.4) is 0 Å². The van der Waals surface area contributed by atoms with Gasteiger partial charge in [-0.05, 0) is 50.2 Å². The molecule has 4 N–H and O–H groups in total. The Morgan fingerprint density at radius 1 is 1.30 bits per heavy atom. The molecule has 0 amide bonds. The summed E-state index contributed by atoms with van der Waals surface area (Å²) in [6, 6.07) is 4.00. The summed E-state index contributed by atoms with van der Waals surface area (Å²) >= 11 is 0. The van der Waals surface area contributed by atoms with Gasteiger partial charge < -0.3 is 20.9 Å². The van der Waals surface area contributed by atoms with Gasteiger partial charge >= 0.3 is 0 Å². The first-order valence-electron chi connectivity index (χ1n) is 11.0. The van der Waals surface area contributed by atoms with Crippen LogP contribution >= 0.6 is 0 Å². The van der Waals surface area contributed by atoms with E-state index in [0.717, 1.165) is 44.1 Å². The Morgan fingerprint density at radius 3 is 2.80 bits per heavy atom. The average molecular weight is 416 g/mol. The number of nitrogens with two attached hydrogens (primary N) is 1. The maximum absolute atomic E-state index is 15.6. The third kappa shape index (κ3) is 5.92. The molecule has 0 aromatic heterocycles. The van der Waals surface area contributed by atoms with Crippen molar-refractivity contribution in [3.8, 4) is 5.75 Å². The Morgan fingerprint density at radius 2 is 2.10 bits per heavy atom. The highest BCUT2D eigenvalue weighted by molar-refractivity contribution is 6.09. The van der Waals surface area contributed by atoms with Crippen LogP contribution in [0.25, 0.3) is 0 Å². The highest BCUT2D eigenvalue weighted by Gasteiger charge is 2.27. The molecular weight excluding hydrogens is 381 g/mol. The number of rotatable bonds is 8. The van der Waals surface area contributed by atoms with Crippen molar-refractivity contribution in [3.63, 3.8) is 0 Å². The van der Waals surface area contributed by atoms with Gasteiger partial charge in [-0.15, -0.1) is 0 Å². The van der Waals surface area contributed by atoms with Crippen molar-refractivity contribution in [1.29, 1.82) is 0 Å². The number of aliphatic imine (C=N–C) groups is 1. The van der Waals surface area contributed by atoms with E-state index in [4.69, 9.17) is 10.5 Å². The van der Waals surface area contributed by atoms with Gasteiger partial charge in [-0.2, -0.15) is 0 Å². The van der Waals surface area contributed by atoms with Crippen LogP contribution in [0.4, 0.5) is 4.39 Å². The second-order valence-corrected chi connectivity index (χ2v) is 8.51. The minimum Gasteiger partial charge on any atom is -0.487 e. The molecule has 0 bridgehead atoms. The van der Waals surface area contributed by atoms with Crippen molar-refractivity contribution in [2.45, 2.75) is 70.4 Å². The number of benzene rings is 1. The molecule has 30 heavy (non-hydrogen) atoms. The second-order valence-electron chi connectivity index (χ2n) is 8.51. The zero-order valence-corrected chi connectivity index (χ0v) is 18.0. The van der Waals surface area contributed by atoms with E-state index >= 15 is 4.39 Å². The molecule has 1 aliphatic carbocycles. The fraction of sp³-hybridized carbons (Fsp3) is 0.542. The number of halogens is 1. The first-order chi connectivity index (χ1) is 14.5. The minimum atomic E-state index is -0.713. The normalized spacial score (nSPS) is 18.7. The lowest BCUT2D eigenvalue weighted by Gasteiger charge is -2.28. The van der Waals surface area contributed by atoms with Crippen molar-refractivity contribution >= 4 is 5.71 Å². The van der Waals surface area contributed by atoms with Crippen molar-refractivity contribution in [2.75, 3.05) is 13.2 Å². The number of hydrogen-bond acceptors (Lipinski definition) is 5. The predicted molar refractivity (Wildman–Crippen MR) is 119 cm³/mol. The third-order valence-corrected chi connectivity index (χ3v) is 5.61. The second kappa shape index (κ2) is 10.7. The van der Waals surface area contributed by atoms with Gasteiger partial charge in [-0.25, -0.2) is 4.39 Å². The van der Waals surface area contributed by atoms with E-state index in [9.17, 15) is 5.11 Å². The van der Waals surface area contributed by atoms with Gasteiger partial charge in [0.25, 0.3) is 0 Å². The van der Waals surface area contributed by atoms with Crippen molar-refractivity contribution in [2.24, 2.45) is 10.7 Å². The third-order valence-electron chi connectivity index (χ3n) is 5.61. The summed E-state index contributed by atoms with van der Waals surface area (Å²) in [6.07, 6.45) is 10.6. The van der Waals surface area contributed by atoms with Crippen LogP contribution in [0.2, 0.25) is 0 Å². The highest BCUT2D eigenvalue weighted by Crippen LogP contribution is 2.42. The number of nitrogens with zero attached hydrogens (tertiary/aromatic N) is 1. The van der Waals surface area contributed by atoms with Crippen molar-refractivity contribution < 1.29 is 14.2 Å². The molecule has 0 radical (unpaired) electrons. The van der Waals surface area contributed by atoms with Crippen LogP contribution in [0.1, 0.15) is 69.4 Å². The van der Waals surface area contributed by atoms with Crippen LogP contribution in [0, 0.1) is 5.82 Å². The molecule has 1 unspecified atom stereocenters.